The van der Waals surface area contributed by atoms with Crippen molar-refractivity contribution >= 4 is 21.9 Å². The Bertz CT molecular complexity index is 791. The van der Waals surface area contributed by atoms with Gasteiger partial charge >= 0.3 is 12.1 Å². The van der Waals surface area contributed by atoms with Crippen LogP contribution in [0.5, 0.6) is 0 Å². The summed E-state index contributed by atoms with van der Waals surface area (Å²) in [7, 11) is -3.08. The van der Waals surface area contributed by atoms with Crippen LogP contribution < -0.4 is 5.32 Å². The van der Waals surface area contributed by atoms with Crippen molar-refractivity contribution in [1.29, 1.82) is 0 Å². The molecule has 1 saturated carbocycles. The fourth-order valence-electron chi connectivity index (χ4n) is 5.12. The van der Waals surface area contributed by atoms with Crippen molar-refractivity contribution in [2.24, 2.45) is 10.8 Å². The third kappa shape index (κ3) is 4.05. The number of aliphatic carboxylic acids is 1. The number of sulfonamides is 1. The number of likely N-dealkylation sites (tertiary alicyclic amines) is 1. The van der Waals surface area contributed by atoms with Gasteiger partial charge in [-0.1, -0.05) is 6.92 Å². The van der Waals surface area contributed by atoms with Crippen LogP contribution in [0.2, 0.25) is 0 Å². The molecule has 1 unspecified atom stereocenters. The minimum atomic E-state index is -5.08. The number of amides is 1. The molecule has 4 rings (SSSR count). The molecular weight excluding hydrogens is 427 g/mol. The van der Waals surface area contributed by atoms with E-state index in [4.69, 9.17) is 9.90 Å². The summed E-state index contributed by atoms with van der Waals surface area (Å²) in [5.41, 5.74) is -0.336. The molecule has 2 spiro atoms. The van der Waals surface area contributed by atoms with Crippen molar-refractivity contribution in [1.82, 2.24) is 14.5 Å². The lowest BCUT2D eigenvalue weighted by Crippen LogP contribution is -2.53. The smallest absolute Gasteiger partial charge is 0.475 e. The van der Waals surface area contributed by atoms with Gasteiger partial charge in [-0.15, -0.1) is 0 Å². The van der Waals surface area contributed by atoms with Crippen LogP contribution in [-0.4, -0.2) is 85.3 Å². The van der Waals surface area contributed by atoms with Crippen LogP contribution >= 0.6 is 0 Å². The molecule has 8 nitrogen and oxygen atoms in total. The number of carbonyl (C=O) groups excluding carboxylic acids is 1. The highest BCUT2D eigenvalue weighted by Crippen LogP contribution is 2.56. The van der Waals surface area contributed by atoms with E-state index in [0.29, 0.717) is 13.1 Å². The molecule has 30 heavy (non-hydrogen) atoms. The third-order valence-electron chi connectivity index (χ3n) is 6.98. The van der Waals surface area contributed by atoms with Crippen molar-refractivity contribution in [3.05, 3.63) is 0 Å². The Kier molecular flexibility index (Phi) is 6.16. The SMILES string of the molecule is CCN1CC2(CCN(S(=O)(=O)C3CC3)CC2)C2(CCNC2=O)C1.O=C(O)C(F)(F)F. The van der Waals surface area contributed by atoms with E-state index in [1.54, 1.807) is 4.31 Å². The molecule has 0 aromatic heterocycles. The monoisotopic (exact) mass is 455 g/mol. The zero-order chi connectivity index (χ0) is 22.4. The maximum absolute atomic E-state index is 12.7. The molecule has 4 aliphatic rings. The van der Waals surface area contributed by atoms with Crippen LogP contribution in [0.25, 0.3) is 0 Å². The number of carboxylic acid groups (broad SMARTS) is 1. The molecule has 0 aromatic rings. The fourth-order valence-corrected chi connectivity index (χ4v) is 6.96. The third-order valence-corrected chi connectivity index (χ3v) is 9.38. The Balaban J connectivity index is 0.000000318. The number of hydrogen-bond acceptors (Lipinski definition) is 5. The van der Waals surface area contributed by atoms with E-state index in [2.05, 4.69) is 17.1 Å². The maximum Gasteiger partial charge on any atom is 0.490 e. The van der Waals surface area contributed by atoms with Crippen molar-refractivity contribution in [3.63, 3.8) is 0 Å². The van der Waals surface area contributed by atoms with Gasteiger partial charge in [0.05, 0.1) is 10.7 Å². The number of halogens is 3. The van der Waals surface area contributed by atoms with E-state index in [9.17, 15) is 26.4 Å². The van der Waals surface area contributed by atoms with Gasteiger partial charge in [0.1, 0.15) is 0 Å². The molecule has 1 aliphatic carbocycles. The summed E-state index contributed by atoms with van der Waals surface area (Å²) >= 11 is 0. The lowest BCUT2D eigenvalue weighted by atomic mass is 9.60. The largest absolute Gasteiger partial charge is 0.490 e. The number of carbonyl (C=O) groups is 2. The van der Waals surface area contributed by atoms with E-state index in [-0.39, 0.29) is 22.0 Å². The van der Waals surface area contributed by atoms with Gasteiger partial charge in [0.15, 0.2) is 0 Å². The van der Waals surface area contributed by atoms with Crippen LogP contribution in [0, 0.1) is 10.8 Å². The van der Waals surface area contributed by atoms with Crippen LogP contribution in [-0.2, 0) is 19.6 Å². The van der Waals surface area contributed by atoms with E-state index in [0.717, 1.165) is 58.3 Å². The second-order valence-corrected chi connectivity index (χ2v) is 10.8. The predicted molar refractivity (Wildman–Crippen MR) is 101 cm³/mol. The number of rotatable bonds is 3. The normalized spacial score (nSPS) is 29.7. The molecule has 3 heterocycles. The average molecular weight is 455 g/mol. The highest BCUT2D eigenvalue weighted by molar-refractivity contribution is 7.90. The molecule has 3 aliphatic heterocycles. The highest BCUT2D eigenvalue weighted by atomic mass is 32.2. The number of nitrogens with zero attached hydrogens (tertiary/aromatic N) is 2. The van der Waals surface area contributed by atoms with Gasteiger partial charge in [0, 0.05) is 38.1 Å². The van der Waals surface area contributed by atoms with Gasteiger partial charge in [0.25, 0.3) is 0 Å². The lowest BCUT2D eigenvalue weighted by Gasteiger charge is -2.46. The first kappa shape index (κ1) is 23.3. The predicted octanol–water partition coefficient (Wildman–Crippen LogP) is 1.04. The summed E-state index contributed by atoms with van der Waals surface area (Å²) in [6.45, 7) is 6.82. The van der Waals surface area contributed by atoms with Crippen molar-refractivity contribution in [2.45, 2.75) is 50.5 Å². The zero-order valence-electron chi connectivity index (χ0n) is 16.9. The second-order valence-electron chi connectivity index (χ2n) is 8.62. The Morgan fingerprint density at radius 3 is 2.17 bits per heavy atom. The second kappa shape index (κ2) is 7.94. The van der Waals surface area contributed by atoms with Gasteiger partial charge in [-0.05, 0) is 38.6 Å². The number of carboxylic acids is 1. The van der Waals surface area contributed by atoms with Crippen LogP contribution in [0.15, 0.2) is 0 Å². The van der Waals surface area contributed by atoms with Gasteiger partial charge in [-0.25, -0.2) is 17.5 Å². The molecule has 0 aromatic carbocycles. The molecule has 2 N–H and O–H groups in total. The first-order valence-electron chi connectivity index (χ1n) is 10.2. The molecule has 4 fully saturated rings. The van der Waals surface area contributed by atoms with Crippen LogP contribution in [0.1, 0.15) is 39.0 Å². The Morgan fingerprint density at radius 1 is 1.20 bits per heavy atom. The van der Waals surface area contributed by atoms with E-state index in [1.807, 2.05) is 0 Å². The van der Waals surface area contributed by atoms with Crippen LogP contribution in [0.4, 0.5) is 13.2 Å². The number of hydrogen-bond donors (Lipinski definition) is 2. The number of nitrogens with one attached hydrogen (secondary N) is 1. The van der Waals surface area contributed by atoms with Crippen molar-refractivity contribution < 1.29 is 36.3 Å². The first-order valence-corrected chi connectivity index (χ1v) is 11.7. The summed E-state index contributed by atoms with van der Waals surface area (Å²) in [5.74, 6) is -2.56. The molecule has 3 saturated heterocycles. The summed E-state index contributed by atoms with van der Waals surface area (Å²) in [6.07, 6.45) is -0.899. The van der Waals surface area contributed by atoms with Gasteiger partial charge in [-0.3, -0.25) is 4.79 Å². The highest BCUT2D eigenvalue weighted by Gasteiger charge is 2.63. The minimum absolute atomic E-state index is 0.0425. The standard InChI is InChI=1S/C16H27N3O3S.C2HF3O2/c1-2-18-11-15(16(12-18)5-8-17-14(16)20)6-9-19(10-7-15)23(21,22)13-3-4-13;3-2(4,5)1(6)7/h13H,2-12H2,1H3,(H,17,20);(H,6,7). The van der Waals surface area contributed by atoms with Crippen molar-refractivity contribution in [2.75, 3.05) is 39.3 Å². The molecule has 12 heteroatoms. The fraction of sp³-hybridized carbons (Fsp3) is 0.889. The zero-order valence-corrected chi connectivity index (χ0v) is 17.7. The quantitative estimate of drug-likeness (QED) is 0.659. The van der Waals surface area contributed by atoms with Crippen molar-refractivity contribution in [3.8, 4) is 0 Å². The van der Waals surface area contributed by atoms with Gasteiger partial charge < -0.3 is 15.3 Å². The van der Waals surface area contributed by atoms with E-state index >= 15 is 0 Å². The molecule has 172 valence electrons. The van der Waals surface area contributed by atoms with Gasteiger partial charge in [-0.2, -0.15) is 13.2 Å². The molecule has 1 amide bonds. The summed E-state index contributed by atoms with van der Waals surface area (Å²) in [4.78, 5) is 23.9. The van der Waals surface area contributed by atoms with Crippen LogP contribution in [0.3, 0.4) is 0 Å². The number of fused-ring (bicyclic) bond motifs is 1. The van der Waals surface area contributed by atoms with Gasteiger partial charge in [0.2, 0.25) is 15.9 Å². The van der Waals surface area contributed by atoms with E-state index in [1.165, 1.54) is 0 Å². The topological polar surface area (TPSA) is 107 Å². The summed E-state index contributed by atoms with van der Waals surface area (Å²) < 4.78 is 58.4. The Labute approximate surface area is 173 Å². The Hall–Kier alpha value is -1.40. The lowest BCUT2D eigenvalue weighted by molar-refractivity contribution is -0.192. The molecular formula is C18H28F3N3O5S. The molecule has 0 radical (unpaired) electrons. The molecule has 1 atom stereocenters. The average Bonchev–Trinajstić information content (AvgIpc) is 3.41. The maximum atomic E-state index is 12.7. The first-order chi connectivity index (χ1) is 13.9. The summed E-state index contributed by atoms with van der Waals surface area (Å²) in [5, 5.41) is 10.0. The summed E-state index contributed by atoms with van der Waals surface area (Å²) in [6, 6.07) is 0. The number of piperidine rings is 1. The van der Waals surface area contributed by atoms with E-state index < -0.39 is 22.2 Å². The Morgan fingerprint density at radius 2 is 1.77 bits per heavy atom. The number of alkyl halides is 3. The molecule has 0 bridgehead atoms. The minimum Gasteiger partial charge on any atom is -0.475 e.